The normalized spacial score (nSPS) is 14.3. The van der Waals surface area contributed by atoms with Crippen LogP contribution in [0, 0.1) is 0 Å². The third-order valence-electron chi connectivity index (χ3n) is 4.15. The Kier molecular flexibility index (Phi) is 13.9. The minimum absolute atomic E-state index is 0.116. The van der Waals surface area contributed by atoms with Crippen LogP contribution in [0.4, 0.5) is 0 Å². The number of rotatable bonds is 16. The lowest BCUT2D eigenvalue weighted by molar-refractivity contribution is -0.873. The van der Waals surface area contributed by atoms with Crippen molar-refractivity contribution in [3.8, 4) is 0 Å². The summed E-state index contributed by atoms with van der Waals surface area (Å²) in [6, 6.07) is 0. The van der Waals surface area contributed by atoms with Crippen LogP contribution in [0.5, 0.6) is 0 Å². The number of aliphatic hydroxyl groups is 1. The Morgan fingerprint density at radius 3 is 2.22 bits per heavy atom. The lowest BCUT2D eigenvalue weighted by Gasteiger charge is -2.28. The number of unbranched alkanes of at least 4 members (excludes halogenated alkanes) is 6. The molecule has 2 atom stereocenters. The first-order chi connectivity index (χ1) is 12.6. The van der Waals surface area contributed by atoms with Crippen molar-refractivity contribution < 1.29 is 29.0 Å². The largest absolute Gasteiger partial charge is 0.481 e. The highest BCUT2D eigenvalue weighted by atomic mass is 16.5. The van der Waals surface area contributed by atoms with E-state index >= 15 is 0 Å². The maximum absolute atomic E-state index is 12.0. The standard InChI is InChI=1S/C21H39NO5/c1-5-6-7-8-9-10-11-12-13-14-18(23)15-21(26)27-19(16-20(24)25)17-22(2,3)4/h12-13,18-19,23H,5-11,14-17H2,1-4H3/p+1/b13-12-. The molecule has 0 bridgehead atoms. The Balaban J connectivity index is 4.06. The molecule has 27 heavy (non-hydrogen) atoms. The number of aliphatic carboxylic acids is 1. The molecule has 6 heteroatoms. The zero-order valence-electron chi connectivity index (χ0n) is 17.7. The number of nitrogens with zero attached hydrogens (tertiary/aromatic N) is 1. The van der Waals surface area contributed by atoms with Gasteiger partial charge in [0.15, 0.2) is 6.10 Å². The maximum atomic E-state index is 12.0. The maximum Gasteiger partial charge on any atom is 0.308 e. The van der Waals surface area contributed by atoms with E-state index in [1.807, 2.05) is 27.2 Å². The fourth-order valence-corrected chi connectivity index (χ4v) is 2.87. The van der Waals surface area contributed by atoms with Gasteiger partial charge in [-0.15, -0.1) is 0 Å². The first-order valence-corrected chi connectivity index (χ1v) is 10.2. The van der Waals surface area contributed by atoms with E-state index in [2.05, 4.69) is 13.0 Å². The van der Waals surface area contributed by atoms with Gasteiger partial charge in [-0.1, -0.05) is 51.2 Å². The van der Waals surface area contributed by atoms with Gasteiger partial charge in [0.05, 0.1) is 40.1 Å². The van der Waals surface area contributed by atoms with Gasteiger partial charge in [0, 0.05) is 0 Å². The fraction of sp³-hybridized carbons (Fsp3) is 0.810. The van der Waals surface area contributed by atoms with Crippen LogP contribution in [0.2, 0.25) is 0 Å². The lowest BCUT2D eigenvalue weighted by atomic mass is 10.1. The number of hydrogen-bond acceptors (Lipinski definition) is 4. The van der Waals surface area contributed by atoms with Gasteiger partial charge >= 0.3 is 11.9 Å². The summed E-state index contributed by atoms with van der Waals surface area (Å²) in [4.78, 5) is 22.9. The number of carbonyl (C=O) groups is 2. The van der Waals surface area contributed by atoms with Crippen LogP contribution in [-0.2, 0) is 14.3 Å². The van der Waals surface area contributed by atoms with Gasteiger partial charge in [-0.2, -0.15) is 0 Å². The highest BCUT2D eigenvalue weighted by Gasteiger charge is 2.25. The number of likely N-dealkylation sites (N-methyl/N-ethyl adjacent to an activating group) is 1. The van der Waals surface area contributed by atoms with Crippen molar-refractivity contribution in [2.24, 2.45) is 0 Å². The minimum atomic E-state index is -1.00. The first-order valence-electron chi connectivity index (χ1n) is 10.2. The number of carbonyl (C=O) groups excluding carboxylic acids is 1. The molecule has 0 aliphatic rings. The SMILES string of the molecule is CCCCCCCC/C=C\CC(O)CC(=O)OC(CC(=O)O)C[N+](C)(C)C. The van der Waals surface area contributed by atoms with Crippen molar-refractivity contribution in [1.29, 1.82) is 0 Å². The minimum Gasteiger partial charge on any atom is -0.481 e. The summed E-state index contributed by atoms with van der Waals surface area (Å²) in [5.41, 5.74) is 0. The van der Waals surface area contributed by atoms with Gasteiger partial charge < -0.3 is 19.4 Å². The third-order valence-corrected chi connectivity index (χ3v) is 4.15. The van der Waals surface area contributed by atoms with Crippen molar-refractivity contribution in [3.63, 3.8) is 0 Å². The molecule has 2 unspecified atom stereocenters. The van der Waals surface area contributed by atoms with Crippen molar-refractivity contribution in [1.82, 2.24) is 0 Å². The molecule has 158 valence electrons. The van der Waals surface area contributed by atoms with Gasteiger partial charge in [0.2, 0.25) is 0 Å². The summed E-state index contributed by atoms with van der Waals surface area (Å²) in [5, 5.41) is 18.9. The predicted molar refractivity (Wildman–Crippen MR) is 107 cm³/mol. The van der Waals surface area contributed by atoms with E-state index in [1.165, 1.54) is 32.1 Å². The van der Waals surface area contributed by atoms with Crippen LogP contribution in [0.15, 0.2) is 12.2 Å². The quantitative estimate of drug-likeness (QED) is 0.183. The Labute approximate surface area is 164 Å². The molecule has 0 aromatic heterocycles. The lowest BCUT2D eigenvalue weighted by Crippen LogP contribution is -2.44. The van der Waals surface area contributed by atoms with Crippen LogP contribution in [0.1, 0.15) is 71.1 Å². The fourth-order valence-electron chi connectivity index (χ4n) is 2.87. The highest BCUT2D eigenvalue weighted by molar-refractivity contribution is 5.72. The first kappa shape index (κ1) is 25.6. The Morgan fingerprint density at radius 2 is 1.63 bits per heavy atom. The van der Waals surface area contributed by atoms with Crippen molar-refractivity contribution >= 4 is 11.9 Å². The summed E-state index contributed by atoms with van der Waals surface area (Å²) in [6.07, 6.45) is 11.1. The monoisotopic (exact) mass is 386 g/mol. The molecular weight excluding hydrogens is 346 g/mol. The predicted octanol–water partition coefficient (Wildman–Crippen LogP) is 3.53. The van der Waals surface area contributed by atoms with Gasteiger partial charge in [0.25, 0.3) is 0 Å². The summed E-state index contributed by atoms with van der Waals surface area (Å²) < 4.78 is 5.78. The molecule has 0 aliphatic carbocycles. The van der Waals surface area contributed by atoms with E-state index in [0.717, 1.165) is 12.8 Å². The van der Waals surface area contributed by atoms with Crippen LogP contribution < -0.4 is 0 Å². The molecule has 0 aliphatic heterocycles. The Morgan fingerprint density at radius 1 is 1.00 bits per heavy atom. The summed E-state index contributed by atoms with van der Waals surface area (Å²) in [5.74, 6) is -1.55. The number of carboxylic acids is 1. The molecule has 6 nitrogen and oxygen atoms in total. The molecule has 0 aromatic rings. The second kappa shape index (κ2) is 14.6. The van der Waals surface area contributed by atoms with Gasteiger partial charge in [-0.25, -0.2) is 0 Å². The highest BCUT2D eigenvalue weighted by Crippen LogP contribution is 2.10. The Bertz CT molecular complexity index is 442. The van der Waals surface area contributed by atoms with Crippen molar-refractivity contribution in [2.45, 2.75) is 83.3 Å². The molecule has 0 heterocycles. The zero-order chi connectivity index (χ0) is 20.7. The van der Waals surface area contributed by atoms with Crippen LogP contribution in [0.3, 0.4) is 0 Å². The smallest absolute Gasteiger partial charge is 0.308 e. The molecule has 0 saturated carbocycles. The molecule has 0 amide bonds. The molecule has 0 radical (unpaired) electrons. The van der Waals surface area contributed by atoms with E-state index in [-0.39, 0.29) is 12.8 Å². The molecular formula is C21H40NO5+. The topological polar surface area (TPSA) is 83.8 Å². The second-order valence-corrected chi connectivity index (χ2v) is 8.30. The summed E-state index contributed by atoms with van der Waals surface area (Å²) in [7, 11) is 5.73. The summed E-state index contributed by atoms with van der Waals surface area (Å²) >= 11 is 0. The third kappa shape index (κ3) is 17.8. The summed E-state index contributed by atoms with van der Waals surface area (Å²) in [6.45, 7) is 2.62. The van der Waals surface area contributed by atoms with E-state index in [1.54, 1.807) is 0 Å². The van der Waals surface area contributed by atoms with Crippen molar-refractivity contribution in [3.05, 3.63) is 12.2 Å². The second-order valence-electron chi connectivity index (χ2n) is 8.30. The number of hydrogen-bond donors (Lipinski definition) is 2. The number of allylic oxidation sites excluding steroid dienone is 1. The van der Waals surface area contributed by atoms with Gasteiger partial charge in [-0.3, -0.25) is 9.59 Å². The average molecular weight is 387 g/mol. The van der Waals surface area contributed by atoms with Crippen molar-refractivity contribution in [2.75, 3.05) is 27.7 Å². The molecule has 0 rings (SSSR count). The van der Waals surface area contributed by atoms with E-state index in [4.69, 9.17) is 9.84 Å². The molecule has 0 saturated heterocycles. The molecule has 0 aromatic carbocycles. The molecule has 0 spiro atoms. The van der Waals surface area contributed by atoms with Gasteiger partial charge in [0.1, 0.15) is 6.54 Å². The van der Waals surface area contributed by atoms with Crippen LogP contribution in [-0.4, -0.2) is 66.5 Å². The van der Waals surface area contributed by atoms with Gasteiger partial charge in [-0.05, 0) is 19.3 Å². The van der Waals surface area contributed by atoms with E-state index in [0.29, 0.717) is 17.4 Å². The number of esters is 1. The van der Waals surface area contributed by atoms with Crippen LogP contribution in [0.25, 0.3) is 0 Å². The van der Waals surface area contributed by atoms with Crippen LogP contribution >= 0.6 is 0 Å². The number of quaternary nitrogens is 1. The number of aliphatic hydroxyl groups excluding tert-OH is 1. The number of ether oxygens (including phenoxy) is 1. The zero-order valence-corrected chi connectivity index (χ0v) is 17.7. The van der Waals surface area contributed by atoms with E-state index in [9.17, 15) is 14.7 Å². The number of carboxylic acid groups (broad SMARTS) is 1. The Hall–Kier alpha value is -1.40. The van der Waals surface area contributed by atoms with E-state index < -0.39 is 24.1 Å². The average Bonchev–Trinajstić information content (AvgIpc) is 2.50. The molecule has 2 N–H and O–H groups in total. The molecule has 0 fully saturated rings.